The van der Waals surface area contributed by atoms with E-state index in [0.717, 1.165) is 0 Å². The summed E-state index contributed by atoms with van der Waals surface area (Å²) in [6.45, 7) is 9.34. The van der Waals surface area contributed by atoms with E-state index in [1.165, 1.54) is 0 Å². The van der Waals surface area contributed by atoms with E-state index in [0.29, 0.717) is 0 Å². The van der Waals surface area contributed by atoms with E-state index in [4.69, 9.17) is 20.9 Å². The Hall–Kier alpha value is -1.18. The van der Waals surface area contributed by atoms with Gasteiger partial charge < -0.3 is 26.0 Å². The van der Waals surface area contributed by atoms with Gasteiger partial charge in [-0.2, -0.15) is 0 Å². The Bertz CT molecular complexity index is 340. The summed E-state index contributed by atoms with van der Waals surface area (Å²) in [5, 5.41) is 9.86. The largest absolute Gasteiger partial charge is 0.458 e. The van der Waals surface area contributed by atoms with Gasteiger partial charge >= 0.3 is 11.9 Å². The average molecular weight is 290 g/mol. The molecule has 20 heavy (non-hydrogen) atoms. The fourth-order valence-corrected chi connectivity index (χ4v) is 1.27. The topological polar surface area (TPSA) is 125 Å². The summed E-state index contributed by atoms with van der Waals surface area (Å²) in [4.78, 5) is 24.3. The zero-order valence-corrected chi connectivity index (χ0v) is 13.0. The summed E-state index contributed by atoms with van der Waals surface area (Å²) in [5.41, 5.74) is 7.01. The summed E-state index contributed by atoms with van der Waals surface area (Å²) >= 11 is 0. The quantitative estimate of drug-likeness (QED) is 0.479. The van der Waals surface area contributed by atoms with Crippen LogP contribution in [0.15, 0.2) is 0 Å². The molecule has 0 aromatic rings. The molecule has 7 heteroatoms. The SMILES string of the molecule is CC(C)(C)OC(=O)C(N)(C(=O)OC(C)(C)C)C(O)CN. The number of aliphatic hydroxyl groups is 1. The smallest absolute Gasteiger partial charge is 0.341 e. The maximum Gasteiger partial charge on any atom is 0.341 e. The molecule has 0 aromatic heterocycles. The highest BCUT2D eigenvalue weighted by molar-refractivity contribution is 6.05. The van der Waals surface area contributed by atoms with E-state index < -0.39 is 34.8 Å². The van der Waals surface area contributed by atoms with E-state index in [9.17, 15) is 14.7 Å². The summed E-state index contributed by atoms with van der Waals surface area (Å²) in [7, 11) is 0. The number of esters is 2. The average Bonchev–Trinajstić information content (AvgIpc) is 2.21. The third-order valence-electron chi connectivity index (χ3n) is 2.22. The van der Waals surface area contributed by atoms with Crippen molar-refractivity contribution in [1.82, 2.24) is 0 Å². The lowest BCUT2D eigenvalue weighted by Gasteiger charge is -2.34. The minimum absolute atomic E-state index is 0.380. The number of rotatable bonds is 4. The van der Waals surface area contributed by atoms with Crippen LogP contribution in [-0.4, -0.2) is 46.4 Å². The van der Waals surface area contributed by atoms with Crippen molar-refractivity contribution in [1.29, 1.82) is 0 Å². The molecule has 0 radical (unpaired) electrons. The second-order valence-electron chi connectivity index (χ2n) is 6.62. The number of hydrogen-bond acceptors (Lipinski definition) is 7. The Morgan fingerprint density at radius 1 is 1.00 bits per heavy atom. The van der Waals surface area contributed by atoms with Gasteiger partial charge in [0.25, 0.3) is 0 Å². The van der Waals surface area contributed by atoms with Crippen LogP contribution in [-0.2, 0) is 19.1 Å². The first kappa shape index (κ1) is 18.8. The van der Waals surface area contributed by atoms with Crippen LogP contribution in [0.4, 0.5) is 0 Å². The molecule has 0 aliphatic heterocycles. The third-order valence-corrected chi connectivity index (χ3v) is 2.22. The number of ether oxygens (including phenoxy) is 2. The van der Waals surface area contributed by atoms with Crippen LogP contribution >= 0.6 is 0 Å². The van der Waals surface area contributed by atoms with Crippen LogP contribution < -0.4 is 11.5 Å². The van der Waals surface area contributed by atoms with E-state index >= 15 is 0 Å². The molecule has 0 aliphatic carbocycles. The van der Waals surface area contributed by atoms with Gasteiger partial charge in [-0.1, -0.05) is 0 Å². The van der Waals surface area contributed by atoms with Gasteiger partial charge in [-0.25, -0.2) is 9.59 Å². The number of carbonyl (C=O) groups excluding carboxylic acids is 2. The fourth-order valence-electron chi connectivity index (χ4n) is 1.27. The minimum atomic E-state index is -2.35. The van der Waals surface area contributed by atoms with Gasteiger partial charge in [0.15, 0.2) is 0 Å². The first-order chi connectivity index (χ1) is 8.74. The maximum atomic E-state index is 12.1. The molecule has 0 fully saturated rings. The van der Waals surface area contributed by atoms with Crippen molar-refractivity contribution in [3.8, 4) is 0 Å². The maximum absolute atomic E-state index is 12.1. The molecule has 118 valence electrons. The highest BCUT2D eigenvalue weighted by Crippen LogP contribution is 2.20. The molecule has 7 nitrogen and oxygen atoms in total. The summed E-state index contributed by atoms with van der Waals surface area (Å²) in [6.07, 6.45) is -1.60. The molecule has 0 saturated carbocycles. The second kappa shape index (κ2) is 6.07. The number of hydrogen-bond donors (Lipinski definition) is 3. The summed E-state index contributed by atoms with van der Waals surface area (Å²) < 4.78 is 10.2. The van der Waals surface area contributed by atoms with E-state index in [-0.39, 0.29) is 6.54 Å². The Morgan fingerprint density at radius 3 is 1.50 bits per heavy atom. The van der Waals surface area contributed by atoms with Crippen molar-refractivity contribution in [2.24, 2.45) is 11.5 Å². The molecule has 0 aliphatic rings. The predicted molar refractivity (Wildman–Crippen MR) is 73.7 cm³/mol. The lowest BCUT2D eigenvalue weighted by Crippen LogP contribution is -2.67. The van der Waals surface area contributed by atoms with Crippen LogP contribution in [0.2, 0.25) is 0 Å². The Labute approximate surface area is 119 Å². The molecule has 0 spiro atoms. The van der Waals surface area contributed by atoms with Gasteiger partial charge in [-0.15, -0.1) is 0 Å². The monoisotopic (exact) mass is 290 g/mol. The number of aliphatic hydroxyl groups excluding tert-OH is 1. The van der Waals surface area contributed by atoms with E-state index in [1.54, 1.807) is 41.5 Å². The van der Waals surface area contributed by atoms with Gasteiger partial charge in [-0.3, -0.25) is 0 Å². The first-order valence-electron chi connectivity index (χ1n) is 6.38. The first-order valence-corrected chi connectivity index (χ1v) is 6.38. The normalized spacial score (nSPS) is 14.7. The molecule has 5 N–H and O–H groups in total. The summed E-state index contributed by atoms with van der Waals surface area (Å²) in [5.74, 6) is -2.14. The van der Waals surface area contributed by atoms with Gasteiger partial charge in [0.2, 0.25) is 5.54 Å². The highest BCUT2D eigenvalue weighted by atomic mass is 16.6. The van der Waals surface area contributed by atoms with Crippen molar-refractivity contribution < 1.29 is 24.2 Å². The van der Waals surface area contributed by atoms with Crippen LogP contribution in [0.1, 0.15) is 41.5 Å². The van der Waals surface area contributed by atoms with E-state index in [2.05, 4.69) is 0 Å². The Balaban J connectivity index is 5.41. The minimum Gasteiger partial charge on any atom is -0.458 e. The van der Waals surface area contributed by atoms with Gasteiger partial charge in [0.1, 0.15) is 17.3 Å². The highest BCUT2D eigenvalue weighted by Gasteiger charge is 2.53. The lowest BCUT2D eigenvalue weighted by atomic mass is 9.92. The zero-order valence-electron chi connectivity index (χ0n) is 13.0. The van der Waals surface area contributed by atoms with Crippen molar-refractivity contribution in [2.75, 3.05) is 6.54 Å². The van der Waals surface area contributed by atoms with Crippen LogP contribution in [0.25, 0.3) is 0 Å². The molecule has 0 saturated heterocycles. The molecule has 0 amide bonds. The molecular weight excluding hydrogens is 264 g/mol. The predicted octanol–water partition coefficient (Wildman–Crippen LogP) is -0.313. The molecule has 0 aromatic carbocycles. The van der Waals surface area contributed by atoms with Crippen molar-refractivity contribution in [3.05, 3.63) is 0 Å². The van der Waals surface area contributed by atoms with Gasteiger partial charge in [0.05, 0.1) is 0 Å². The Kier molecular flexibility index (Phi) is 5.71. The third kappa shape index (κ3) is 5.07. The molecule has 0 rings (SSSR count). The second-order valence-corrected chi connectivity index (χ2v) is 6.62. The summed E-state index contributed by atoms with van der Waals surface area (Å²) in [6, 6.07) is 0. The number of carbonyl (C=O) groups is 2. The van der Waals surface area contributed by atoms with E-state index in [1.807, 2.05) is 0 Å². The van der Waals surface area contributed by atoms with Gasteiger partial charge in [-0.05, 0) is 41.5 Å². The van der Waals surface area contributed by atoms with Crippen LogP contribution in [0.5, 0.6) is 0 Å². The van der Waals surface area contributed by atoms with Crippen molar-refractivity contribution in [3.63, 3.8) is 0 Å². The molecule has 1 unspecified atom stereocenters. The standard InChI is InChI=1S/C13H26N2O5/c1-11(2,3)19-9(17)13(15,8(16)7-14)10(18)20-12(4,5)6/h8,16H,7,14-15H2,1-6H3. The molecule has 1 atom stereocenters. The molecular formula is C13H26N2O5. The van der Waals surface area contributed by atoms with Gasteiger partial charge in [0, 0.05) is 6.54 Å². The lowest BCUT2D eigenvalue weighted by molar-refractivity contribution is -0.182. The Morgan fingerprint density at radius 2 is 1.30 bits per heavy atom. The molecule has 0 bridgehead atoms. The fraction of sp³-hybridized carbons (Fsp3) is 0.846. The van der Waals surface area contributed by atoms with Crippen LogP contribution in [0, 0.1) is 0 Å². The number of nitrogens with two attached hydrogens (primary N) is 2. The zero-order chi connectivity index (χ0) is 16.4. The van der Waals surface area contributed by atoms with Crippen molar-refractivity contribution in [2.45, 2.75) is 64.4 Å². The van der Waals surface area contributed by atoms with Crippen LogP contribution in [0.3, 0.4) is 0 Å². The molecule has 0 heterocycles. The van der Waals surface area contributed by atoms with Crippen molar-refractivity contribution >= 4 is 11.9 Å².